The molecule has 0 aliphatic carbocycles. The number of carbonyl (C=O) groups excluding carboxylic acids is 1. The van der Waals surface area contributed by atoms with Crippen LogP contribution in [0.2, 0.25) is 0 Å². The Morgan fingerprint density at radius 2 is 1.81 bits per heavy atom. The number of amides is 1. The van der Waals surface area contributed by atoms with Crippen molar-refractivity contribution in [3.63, 3.8) is 0 Å². The van der Waals surface area contributed by atoms with Crippen molar-refractivity contribution in [2.45, 2.75) is 41.5 Å². The lowest BCUT2D eigenvalue weighted by Crippen LogP contribution is -2.40. The van der Waals surface area contributed by atoms with Gasteiger partial charge in [-0.1, -0.05) is 41.5 Å². The Labute approximate surface area is 99.2 Å². The molecule has 16 heavy (non-hydrogen) atoms. The summed E-state index contributed by atoms with van der Waals surface area (Å²) < 4.78 is 0. The molecule has 1 amide bonds. The Kier molecular flexibility index (Phi) is 5.50. The minimum Gasteiger partial charge on any atom is -0.354 e. The molecule has 0 saturated carbocycles. The van der Waals surface area contributed by atoms with Crippen molar-refractivity contribution < 1.29 is 4.79 Å². The van der Waals surface area contributed by atoms with E-state index in [0.717, 1.165) is 0 Å². The highest BCUT2D eigenvalue weighted by Crippen LogP contribution is 2.24. The van der Waals surface area contributed by atoms with Gasteiger partial charge in [-0.05, 0) is 17.3 Å². The zero-order valence-electron chi connectivity index (χ0n) is 11.3. The van der Waals surface area contributed by atoms with Crippen molar-refractivity contribution in [3.05, 3.63) is 0 Å². The van der Waals surface area contributed by atoms with E-state index >= 15 is 0 Å². The summed E-state index contributed by atoms with van der Waals surface area (Å²) in [5.74, 6) is -0.131. The van der Waals surface area contributed by atoms with E-state index in [1.807, 2.05) is 13.8 Å². The Morgan fingerprint density at radius 1 is 1.31 bits per heavy atom. The summed E-state index contributed by atoms with van der Waals surface area (Å²) in [5, 5.41) is 11.8. The number of nitrogens with zero attached hydrogens (tertiary/aromatic N) is 1. The molecular formula is C13H24N2O. The van der Waals surface area contributed by atoms with Gasteiger partial charge in [0, 0.05) is 6.54 Å². The highest BCUT2D eigenvalue weighted by atomic mass is 16.1. The van der Waals surface area contributed by atoms with Gasteiger partial charge < -0.3 is 5.32 Å². The Morgan fingerprint density at radius 3 is 2.12 bits per heavy atom. The highest BCUT2D eigenvalue weighted by molar-refractivity contribution is 5.81. The Hall–Kier alpha value is -1.04. The van der Waals surface area contributed by atoms with Crippen molar-refractivity contribution in [2.24, 2.45) is 23.2 Å². The molecule has 0 aromatic heterocycles. The summed E-state index contributed by atoms with van der Waals surface area (Å²) in [6.07, 6.45) is 0. The third kappa shape index (κ3) is 4.22. The predicted octanol–water partition coefficient (Wildman–Crippen LogP) is 2.58. The molecule has 1 unspecified atom stereocenters. The monoisotopic (exact) mass is 224 g/mol. The van der Waals surface area contributed by atoms with Crippen LogP contribution < -0.4 is 5.32 Å². The molecule has 0 saturated heterocycles. The zero-order chi connectivity index (χ0) is 12.9. The van der Waals surface area contributed by atoms with E-state index in [9.17, 15) is 4.79 Å². The molecular weight excluding hydrogens is 200 g/mol. The number of hydrogen-bond donors (Lipinski definition) is 1. The molecule has 0 fully saturated rings. The van der Waals surface area contributed by atoms with Gasteiger partial charge in [0.05, 0.1) is 6.07 Å². The van der Waals surface area contributed by atoms with Gasteiger partial charge in [0.2, 0.25) is 5.91 Å². The summed E-state index contributed by atoms with van der Waals surface area (Å²) in [4.78, 5) is 11.8. The van der Waals surface area contributed by atoms with Crippen LogP contribution in [-0.4, -0.2) is 12.5 Å². The van der Waals surface area contributed by atoms with Crippen LogP contribution >= 0.6 is 0 Å². The molecule has 0 radical (unpaired) electrons. The summed E-state index contributed by atoms with van der Waals surface area (Å²) >= 11 is 0. The fourth-order valence-electron chi connectivity index (χ4n) is 1.14. The van der Waals surface area contributed by atoms with Gasteiger partial charge in [-0.3, -0.25) is 4.79 Å². The van der Waals surface area contributed by atoms with E-state index in [-0.39, 0.29) is 17.2 Å². The fraction of sp³-hybridized carbons (Fsp3) is 0.846. The second-order valence-electron chi connectivity index (χ2n) is 5.71. The van der Waals surface area contributed by atoms with Gasteiger partial charge in [0.1, 0.15) is 5.92 Å². The smallest absolute Gasteiger partial charge is 0.237 e. The van der Waals surface area contributed by atoms with Crippen LogP contribution in [0.1, 0.15) is 41.5 Å². The van der Waals surface area contributed by atoms with Crippen LogP contribution in [0.5, 0.6) is 0 Å². The molecule has 3 nitrogen and oxygen atoms in total. The molecule has 0 aromatic carbocycles. The second-order valence-corrected chi connectivity index (χ2v) is 5.71. The molecule has 92 valence electrons. The van der Waals surface area contributed by atoms with Gasteiger partial charge in [-0.15, -0.1) is 0 Å². The zero-order valence-corrected chi connectivity index (χ0v) is 11.3. The largest absolute Gasteiger partial charge is 0.354 e. The van der Waals surface area contributed by atoms with E-state index in [4.69, 9.17) is 5.26 Å². The standard InChI is InChI=1S/C13H24N2O/c1-9(2)11(7-14)12(16)15-8-13(5,6)10(3)4/h9-11H,8H2,1-6H3,(H,15,16). The minimum atomic E-state index is -0.539. The average Bonchev–Trinajstić information content (AvgIpc) is 2.15. The molecule has 0 heterocycles. The van der Waals surface area contributed by atoms with Gasteiger partial charge in [-0.2, -0.15) is 5.26 Å². The molecule has 0 bridgehead atoms. The summed E-state index contributed by atoms with van der Waals surface area (Å²) in [6, 6.07) is 2.05. The lowest BCUT2D eigenvalue weighted by molar-refractivity contribution is -0.125. The third-order valence-electron chi connectivity index (χ3n) is 3.37. The Bertz CT molecular complexity index is 274. The SMILES string of the molecule is CC(C)C(C#N)C(=O)NCC(C)(C)C(C)C. The van der Waals surface area contributed by atoms with E-state index in [1.165, 1.54) is 0 Å². The molecule has 0 spiro atoms. The number of nitriles is 1. The van der Waals surface area contributed by atoms with E-state index in [0.29, 0.717) is 12.5 Å². The molecule has 1 atom stereocenters. The maximum absolute atomic E-state index is 11.8. The predicted molar refractivity (Wildman–Crippen MR) is 65.6 cm³/mol. The summed E-state index contributed by atoms with van der Waals surface area (Å²) in [5.41, 5.74) is 0.0621. The van der Waals surface area contributed by atoms with Crippen LogP contribution in [0, 0.1) is 34.5 Å². The van der Waals surface area contributed by atoms with E-state index in [1.54, 1.807) is 0 Å². The topological polar surface area (TPSA) is 52.9 Å². The highest BCUT2D eigenvalue weighted by Gasteiger charge is 2.26. The van der Waals surface area contributed by atoms with Crippen LogP contribution in [0.3, 0.4) is 0 Å². The van der Waals surface area contributed by atoms with Crippen LogP contribution in [0.25, 0.3) is 0 Å². The summed E-state index contributed by atoms with van der Waals surface area (Å²) in [7, 11) is 0. The molecule has 0 rings (SSSR count). The second kappa shape index (κ2) is 5.89. The third-order valence-corrected chi connectivity index (χ3v) is 3.37. The number of nitrogens with one attached hydrogen (secondary N) is 1. The fourth-order valence-corrected chi connectivity index (χ4v) is 1.14. The van der Waals surface area contributed by atoms with Crippen LogP contribution in [0.15, 0.2) is 0 Å². The average molecular weight is 224 g/mol. The van der Waals surface area contributed by atoms with Crippen molar-refractivity contribution >= 4 is 5.91 Å². The first-order valence-corrected chi connectivity index (χ1v) is 5.89. The molecule has 0 aliphatic rings. The number of rotatable bonds is 5. The van der Waals surface area contributed by atoms with Gasteiger partial charge in [0.25, 0.3) is 0 Å². The van der Waals surface area contributed by atoms with Gasteiger partial charge >= 0.3 is 0 Å². The van der Waals surface area contributed by atoms with Crippen molar-refractivity contribution in [1.82, 2.24) is 5.32 Å². The molecule has 0 aliphatic heterocycles. The lowest BCUT2D eigenvalue weighted by Gasteiger charge is -2.30. The minimum absolute atomic E-state index is 0.0621. The maximum atomic E-state index is 11.8. The van der Waals surface area contributed by atoms with Crippen molar-refractivity contribution in [3.8, 4) is 6.07 Å². The Balaban J connectivity index is 4.33. The number of hydrogen-bond acceptors (Lipinski definition) is 2. The molecule has 0 aromatic rings. The molecule has 3 heteroatoms. The quantitative estimate of drug-likeness (QED) is 0.780. The first-order valence-electron chi connectivity index (χ1n) is 5.89. The normalized spacial score (nSPS) is 13.7. The van der Waals surface area contributed by atoms with Crippen molar-refractivity contribution in [2.75, 3.05) is 6.54 Å². The van der Waals surface area contributed by atoms with Crippen LogP contribution in [0.4, 0.5) is 0 Å². The maximum Gasteiger partial charge on any atom is 0.237 e. The first kappa shape index (κ1) is 15.0. The molecule has 1 N–H and O–H groups in total. The summed E-state index contributed by atoms with van der Waals surface area (Å²) in [6.45, 7) is 12.9. The van der Waals surface area contributed by atoms with Crippen LogP contribution in [-0.2, 0) is 4.79 Å². The van der Waals surface area contributed by atoms with E-state index in [2.05, 4.69) is 39.1 Å². The van der Waals surface area contributed by atoms with E-state index < -0.39 is 5.92 Å². The first-order chi connectivity index (χ1) is 7.22. The van der Waals surface area contributed by atoms with Gasteiger partial charge in [-0.25, -0.2) is 0 Å². The van der Waals surface area contributed by atoms with Crippen molar-refractivity contribution in [1.29, 1.82) is 5.26 Å². The number of carbonyl (C=O) groups is 1. The van der Waals surface area contributed by atoms with Gasteiger partial charge in [0.15, 0.2) is 0 Å². The lowest BCUT2D eigenvalue weighted by atomic mass is 9.81.